The number of rotatable bonds is 4. The van der Waals surface area contributed by atoms with Crippen LogP contribution in [0.25, 0.3) is 0 Å². The zero-order valence-corrected chi connectivity index (χ0v) is 13.8. The number of morpholine rings is 1. The van der Waals surface area contributed by atoms with E-state index in [-0.39, 0.29) is 17.6 Å². The van der Waals surface area contributed by atoms with Gasteiger partial charge in [-0.05, 0) is 36.8 Å². The van der Waals surface area contributed by atoms with Gasteiger partial charge >= 0.3 is 0 Å². The van der Waals surface area contributed by atoms with E-state index >= 15 is 0 Å². The maximum absolute atomic E-state index is 12.5. The van der Waals surface area contributed by atoms with E-state index in [0.29, 0.717) is 26.1 Å². The predicted molar refractivity (Wildman–Crippen MR) is 87.9 cm³/mol. The van der Waals surface area contributed by atoms with E-state index in [0.717, 1.165) is 22.6 Å². The second-order valence-electron chi connectivity index (χ2n) is 5.67. The Morgan fingerprint density at radius 1 is 1.52 bits per heavy atom. The van der Waals surface area contributed by atoms with Crippen molar-refractivity contribution in [2.75, 3.05) is 19.7 Å². The van der Waals surface area contributed by atoms with Crippen molar-refractivity contribution in [2.45, 2.75) is 25.9 Å². The number of aromatic nitrogens is 2. The molecule has 7 heteroatoms. The minimum absolute atomic E-state index is 0.0187. The van der Waals surface area contributed by atoms with Crippen LogP contribution < -0.4 is 5.56 Å². The fourth-order valence-electron chi connectivity index (χ4n) is 2.63. The van der Waals surface area contributed by atoms with Crippen LogP contribution in [0.5, 0.6) is 0 Å². The molecular weight excluding hydrogens is 314 g/mol. The van der Waals surface area contributed by atoms with Gasteiger partial charge in [-0.2, -0.15) is 0 Å². The number of amides is 1. The first kappa shape index (κ1) is 15.9. The summed E-state index contributed by atoms with van der Waals surface area (Å²) in [7, 11) is 0. The molecule has 0 radical (unpaired) electrons. The third-order valence-corrected chi connectivity index (χ3v) is 4.86. The average molecular weight is 333 g/mol. The fourth-order valence-corrected chi connectivity index (χ4v) is 3.50. The molecule has 3 rings (SSSR count). The number of thiophene rings is 1. The monoisotopic (exact) mass is 333 g/mol. The van der Waals surface area contributed by atoms with Gasteiger partial charge in [0.1, 0.15) is 0 Å². The largest absolute Gasteiger partial charge is 0.375 e. The van der Waals surface area contributed by atoms with Crippen molar-refractivity contribution in [1.82, 2.24) is 14.9 Å². The summed E-state index contributed by atoms with van der Waals surface area (Å²) >= 11 is 1.48. The van der Waals surface area contributed by atoms with Gasteiger partial charge in [0.2, 0.25) is 0 Å². The van der Waals surface area contributed by atoms with Crippen LogP contribution in [-0.2, 0) is 11.2 Å². The van der Waals surface area contributed by atoms with Gasteiger partial charge in [0, 0.05) is 24.8 Å². The second kappa shape index (κ2) is 7.06. The summed E-state index contributed by atoms with van der Waals surface area (Å²) in [6.45, 7) is 3.74. The molecule has 0 aliphatic carbocycles. The second-order valence-corrected chi connectivity index (χ2v) is 6.58. The van der Waals surface area contributed by atoms with Crippen LogP contribution in [0.2, 0.25) is 0 Å². The molecule has 1 N–H and O–H groups in total. The van der Waals surface area contributed by atoms with Gasteiger partial charge in [-0.25, -0.2) is 4.98 Å². The highest BCUT2D eigenvalue weighted by Crippen LogP contribution is 2.19. The normalized spacial score (nSPS) is 18.1. The number of aromatic amines is 1. The van der Waals surface area contributed by atoms with Crippen molar-refractivity contribution in [1.29, 1.82) is 0 Å². The van der Waals surface area contributed by atoms with Crippen LogP contribution in [0.3, 0.4) is 0 Å². The summed E-state index contributed by atoms with van der Waals surface area (Å²) < 4.78 is 5.75. The zero-order valence-electron chi connectivity index (χ0n) is 12.9. The molecule has 2 aromatic rings. The number of nitrogens with zero attached hydrogens (tertiary/aromatic N) is 2. The topological polar surface area (TPSA) is 75.3 Å². The van der Waals surface area contributed by atoms with Crippen LogP contribution in [0.1, 0.15) is 27.3 Å². The highest BCUT2D eigenvalue weighted by molar-refractivity contribution is 7.12. The quantitative estimate of drug-likeness (QED) is 0.922. The van der Waals surface area contributed by atoms with Gasteiger partial charge < -0.3 is 14.6 Å². The van der Waals surface area contributed by atoms with Crippen molar-refractivity contribution in [2.24, 2.45) is 0 Å². The lowest BCUT2D eigenvalue weighted by molar-refractivity contribution is -0.0245. The van der Waals surface area contributed by atoms with E-state index in [9.17, 15) is 9.59 Å². The molecule has 2 aromatic heterocycles. The third kappa shape index (κ3) is 4.05. The number of H-pyrrole nitrogens is 1. The molecule has 0 saturated carbocycles. The van der Waals surface area contributed by atoms with Gasteiger partial charge in [-0.3, -0.25) is 9.59 Å². The van der Waals surface area contributed by atoms with Crippen molar-refractivity contribution in [3.63, 3.8) is 0 Å². The summed E-state index contributed by atoms with van der Waals surface area (Å²) in [5.74, 6) is 0.0747. The third-order valence-electron chi connectivity index (χ3n) is 3.82. The molecule has 6 nitrogen and oxygen atoms in total. The lowest BCUT2D eigenvalue weighted by Gasteiger charge is -2.32. The van der Waals surface area contributed by atoms with Crippen LogP contribution in [0, 0.1) is 6.92 Å². The predicted octanol–water partition coefficient (Wildman–Crippen LogP) is 1.61. The highest BCUT2D eigenvalue weighted by atomic mass is 32.1. The van der Waals surface area contributed by atoms with E-state index in [1.165, 1.54) is 23.7 Å². The van der Waals surface area contributed by atoms with Gasteiger partial charge in [-0.15, -0.1) is 11.3 Å². The Bertz CT molecular complexity index is 740. The maximum Gasteiger partial charge on any atom is 0.264 e. The van der Waals surface area contributed by atoms with E-state index in [1.54, 1.807) is 0 Å². The summed E-state index contributed by atoms with van der Waals surface area (Å²) in [6.07, 6.45) is 2.79. The number of ether oxygens (including phenoxy) is 1. The van der Waals surface area contributed by atoms with Gasteiger partial charge in [0.05, 0.1) is 23.9 Å². The first-order chi connectivity index (χ1) is 11.1. The number of carbonyl (C=O) groups excluding carboxylic acids is 1. The SMILES string of the molecule is Cc1csc(C(=O)N2CCO[C@@H](CCc3cc(=O)[nH]cn3)C2)c1. The Morgan fingerprint density at radius 3 is 3.13 bits per heavy atom. The summed E-state index contributed by atoms with van der Waals surface area (Å²) in [4.78, 5) is 33.0. The van der Waals surface area contributed by atoms with Crippen LogP contribution in [0.15, 0.2) is 28.6 Å². The molecule has 3 heterocycles. The molecular formula is C16H19N3O3S. The summed E-state index contributed by atoms with van der Waals surface area (Å²) in [5.41, 5.74) is 1.71. The van der Waals surface area contributed by atoms with Crippen LogP contribution >= 0.6 is 11.3 Å². The van der Waals surface area contributed by atoms with Gasteiger partial charge in [0.15, 0.2) is 0 Å². The highest BCUT2D eigenvalue weighted by Gasteiger charge is 2.25. The molecule has 122 valence electrons. The molecule has 0 spiro atoms. The number of aryl methyl sites for hydroxylation is 2. The number of hydrogen-bond acceptors (Lipinski definition) is 5. The van der Waals surface area contributed by atoms with E-state index in [1.807, 2.05) is 23.3 Å². The average Bonchev–Trinajstić information content (AvgIpc) is 2.99. The smallest absolute Gasteiger partial charge is 0.264 e. The molecule has 1 amide bonds. The number of hydrogen-bond donors (Lipinski definition) is 1. The molecule has 0 aromatic carbocycles. The molecule has 0 bridgehead atoms. The minimum atomic E-state index is -0.149. The molecule has 23 heavy (non-hydrogen) atoms. The lowest BCUT2D eigenvalue weighted by atomic mass is 10.1. The van der Waals surface area contributed by atoms with Gasteiger partial charge in [-0.1, -0.05) is 0 Å². The zero-order chi connectivity index (χ0) is 16.2. The van der Waals surface area contributed by atoms with E-state index in [2.05, 4.69) is 9.97 Å². The standard InChI is InChI=1S/C16H19N3O3S/c1-11-6-14(23-9-11)16(21)19-4-5-22-13(8-19)3-2-12-7-15(20)18-10-17-12/h6-7,9-10,13H,2-5,8H2,1H3,(H,17,18,20)/t13-/m0/s1. The molecule has 1 aliphatic rings. The maximum atomic E-state index is 12.5. The van der Waals surface area contributed by atoms with Crippen LogP contribution in [0.4, 0.5) is 0 Å². The van der Waals surface area contributed by atoms with E-state index < -0.39 is 0 Å². The molecule has 1 aliphatic heterocycles. The molecule has 1 saturated heterocycles. The lowest BCUT2D eigenvalue weighted by Crippen LogP contribution is -2.45. The summed E-state index contributed by atoms with van der Waals surface area (Å²) in [5, 5.41) is 1.99. The van der Waals surface area contributed by atoms with Crippen LogP contribution in [-0.4, -0.2) is 46.6 Å². The summed E-state index contributed by atoms with van der Waals surface area (Å²) in [6, 6.07) is 3.43. The Kier molecular flexibility index (Phi) is 4.88. The fraction of sp³-hybridized carbons (Fsp3) is 0.438. The Labute approximate surface area is 138 Å². The van der Waals surface area contributed by atoms with Gasteiger partial charge in [0.25, 0.3) is 11.5 Å². The van der Waals surface area contributed by atoms with E-state index in [4.69, 9.17) is 4.74 Å². The molecule has 1 atom stereocenters. The van der Waals surface area contributed by atoms with Crippen molar-refractivity contribution < 1.29 is 9.53 Å². The van der Waals surface area contributed by atoms with Crippen molar-refractivity contribution in [3.05, 3.63) is 50.3 Å². The Morgan fingerprint density at radius 2 is 2.39 bits per heavy atom. The Hall–Kier alpha value is -1.99. The molecule has 1 fully saturated rings. The Balaban J connectivity index is 1.57. The van der Waals surface area contributed by atoms with Crippen molar-refractivity contribution >= 4 is 17.2 Å². The first-order valence-electron chi connectivity index (χ1n) is 7.61. The minimum Gasteiger partial charge on any atom is -0.375 e. The van der Waals surface area contributed by atoms with Crippen molar-refractivity contribution in [3.8, 4) is 0 Å². The number of nitrogens with one attached hydrogen (secondary N) is 1. The first-order valence-corrected chi connectivity index (χ1v) is 8.49. The molecule has 0 unspecified atom stereocenters. The number of carbonyl (C=O) groups is 1.